The number of hydrogen-bond acceptors (Lipinski definition) is 2. The molecule has 0 saturated heterocycles. The third-order valence-electron chi connectivity index (χ3n) is 1.91. The molecule has 0 spiro atoms. The Morgan fingerprint density at radius 3 is 2.93 bits per heavy atom. The maximum atomic E-state index is 5.38. The Hall–Kier alpha value is -0.570. The van der Waals surface area contributed by atoms with Crippen LogP contribution in [-0.4, -0.2) is 16.4 Å². The van der Waals surface area contributed by atoms with E-state index in [0.29, 0.717) is 11.4 Å². The van der Waals surface area contributed by atoms with Crippen LogP contribution in [0.4, 0.5) is 0 Å². The van der Waals surface area contributed by atoms with E-state index >= 15 is 0 Å². The van der Waals surface area contributed by atoms with Gasteiger partial charge in [-0.1, -0.05) is 22.9 Å². The number of halogens is 1. The number of nitrogens with zero attached hydrogens (tertiary/aromatic N) is 1. The zero-order valence-corrected chi connectivity index (χ0v) is 10.3. The monoisotopic (exact) mass is 257 g/mol. The first-order valence-electron chi connectivity index (χ1n) is 4.93. The van der Waals surface area contributed by atoms with Crippen molar-refractivity contribution in [3.8, 4) is 5.75 Å². The van der Waals surface area contributed by atoms with E-state index in [4.69, 9.17) is 4.74 Å². The van der Waals surface area contributed by atoms with Gasteiger partial charge in [0.1, 0.15) is 5.75 Å². The van der Waals surface area contributed by atoms with E-state index in [2.05, 4.69) is 33.9 Å². The number of alkyl halides is 1. The first-order valence-corrected chi connectivity index (χ1v) is 5.84. The van der Waals surface area contributed by atoms with Gasteiger partial charge >= 0.3 is 0 Å². The number of rotatable bonds is 5. The summed E-state index contributed by atoms with van der Waals surface area (Å²) in [6, 6.07) is 2.06. The highest BCUT2D eigenvalue weighted by molar-refractivity contribution is 9.09. The molecule has 78 valence electrons. The quantitative estimate of drug-likeness (QED) is 0.756. The molecule has 1 unspecified atom stereocenters. The highest BCUT2D eigenvalue weighted by Crippen LogP contribution is 2.14. The minimum absolute atomic E-state index is 0.554. The predicted molar refractivity (Wildman–Crippen MR) is 62.1 cm³/mol. The number of aromatic nitrogens is 1. The van der Waals surface area contributed by atoms with Gasteiger partial charge in [0, 0.05) is 11.0 Å². The van der Waals surface area contributed by atoms with Crippen molar-refractivity contribution in [3.05, 3.63) is 24.0 Å². The molecule has 0 aliphatic carbocycles. The molecule has 1 heterocycles. The van der Waals surface area contributed by atoms with Crippen molar-refractivity contribution < 1.29 is 4.74 Å². The first kappa shape index (κ1) is 11.5. The molecule has 0 N–H and O–H groups in total. The molecular weight excluding hydrogens is 242 g/mol. The van der Waals surface area contributed by atoms with Crippen LogP contribution in [0, 0.1) is 0 Å². The van der Waals surface area contributed by atoms with Crippen molar-refractivity contribution in [2.75, 3.05) is 6.61 Å². The highest BCUT2D eigenvalue weighted by atomic mass is 79.9. The normalized spacial score (nSPS) is 12.5. The molecule has 1 atom stereocenters. The SMILES string of the molecule is CCOc1cncc(CCC(C)Br)c1. The number of pyridine rings is 1. The third-order valence-corrected chi connectivity index (χ3v) is 2.37. The lowest BCUT2D eigenvalue weighted by atomic mass is 10.1. The van der Waals surface area contributed by atoms with E-state index in [0.717, 1.165) is 18.6 Å². The van der Waals surface area contributed by atoms with Crippen LogP contribution >= 0.6 is 15.9 Å². The van der Waals surface area contributed by atoms with Gasteiger partial charge in [-0.15, -0.1) is 0 Å². The molecule has 0 saturated carbocycles. The fourth-order valence-electron chi connectivity index (χ4n) is 1.21. The summed E-state index contributed by atoms with van der Waals surface area (Å²) in [5, 5.41) is 0. The van der Waals surface area contributed by atoms with Crippen LogP contribution in [-0.2, 0) is 6.42 Å². The standard InChI is InChI=1S/C11H16BrNO/c1-3-14-11-6-10(7-13-8-11)5-4-9(2)12/h6-9H,3-5H2,1-2H3. The van der Waals surface area contributed by atoms with Gasteiger partial charge in [0.15, 0.2) is 0 Å². The molecule has 1 rings (SSSR count). The van der Waals surface area contributed by atoms with Crippen LogP contribution < -0.4 is 4.74 Å². The minimum Gasteiger partial charge on any atom is -0.492 e. The Bertz CT molecular complexity index is 276. The summed E-state index contributed by atoms with van der Waals surface area (Å²) >= 11 is 3.53. The van der Waals surface area contributed by atoms with E-state index < -0.39 is 0 Å². The zero-order chi connectivity index (χ0) is 10.4. The zero-order valence-electron chi connectivity index (χ0n) is 8.66. The summed E-state index contributed by atoms with van der Waals surface area (Å²) in [6.07, 6.45) is 5.82. The molecule has 14 heavy (non-hydrogen) atoms. The van der Waals surface area contributed by atoms with Gasteiger partial charge in [0.2, 0.25) is 0 Å². The second-order valence-electron chi connectivity index (χ2n) is 3.28. The summed E-state index contributed by atoms with van der Waals surface area (Å²) in [7, 11) is 0. The van der Waals surface area contributed by atoms with Crippen molar-refractivity contribution in [2.24, 2.45) is 0 Å². The molecule has 0 amide bonds. The topological polar surface area (TPSA) is 22.1 Å². The Labute approximate surface area is 93.8 Å². The van der Waals surface area contributed by atoms with Gasteiger partial charge in [-0.05, 0) is 31.4 Å². The van der Waals surface area contributed by atoms with Gasteiger partial charge in [-0.3, -0.25) is 4.98 Å². The second kappa shape index (κ2) is 6.02. The Morgan fingerprint density at radius 2 is 2.29 bits per heavy atom. The van der Waals surface area contributed by atoms with E-state index in [-0.39, 0.29) is 0 Å². The molecule has 0 radical (unpaired) electrons. The summed E-state index contributed by atoms with van der Waals surface area (Å²) in [5.41, 5.74) is 1.24. The largest absolute Gasteiger partial charge is 0.492 e. The van der Waals surface area contributed by atoms with Crippen LogP contribution in [0.2, 0.25) is 0 Å². The van der Waals surface area contributed by atoms with Crippen LogP contribution in [0.1, 0.15) is 25.8 Å². The molecule has 0 aromatic carbocycles. The van der Waals surface area contributed by atoms with Crippen LogP contribution in [0.25, 0.3) is 0 Å². The molecule has 3 heteroatoms. The average Bonchev–Trinajstić information content (AvgIpc) is 2.16. The Kier molecular flexibility index (Phi) is 4.94. The van der Waals surface area contributed by atoms with Crippen molar-refractivity contribution in [1.29, 1.82) is 0 Å². The van der Waals surface area contributed by atoms with E-state index in [1.54, 1.807) is 6.20 Å². The summed E-state index contributed by atoms with van der Waals surface area (Å²) in [4.78, 5) is 4.69. The van der Waals surface area contributed by atoms with Crippen LogP contribution in [0.5, 0.6) is 5.75 Å². The molecule has 0 fully saturated rings. The number of ether oxygens (including phenoxy) is 1. The molecular formula is C11H16BrNO. The Balaban J connectivity index is 2.54. The lowest BCUT2D eigenvalue weighted by Crippen LogP contribution is -1.97. The smallest absolute Gasteiger partial charge is 0.137 e. The fourth-order valence-corrected chi connectivity index (χ4v) is 1.44. The first-order chi connectivity index (χ1) is 6.72. The van der Waals surface area contributed by atoms with Gasteiger partial charge in [-0.25, -0.2) is 0 Å². The lowest BCUT2D eigenvalue weighted by Gasteiger charge is -2.06. The molecule has 1 aromatic rings. The summed E-state index contributed by atoms with van der Waals surface area (Å²) in [6.45, 7) is 4.83. The minimum atomic E-state index is 0.554. The van der Waals surface area contributed by atoms with Crippen molar-refractivity contribution in [1.82, 2.24) is 4.98 Å². The molecule has 1 aromatic heterocycles. The second-order valence-corrected chi connectivity index (χ2v) is 4.84. The molecule has 0 aliphatic heterocycles. The highest BCUT2D eigenvalue weighted by Gasteiger charge is 2.00. The van der Waals surface area contributed by atoms with Crippen LogP contribution in [0.3, 0.4) is 0 Å². The summed E-state index contributed by atoms with van der Waals surface area (Å²) < 4.78 is 5.38. The van der Waals surface area contributed by atoms with Crippen molar-refractivity contribution in [2.45, 2.75) is 31.5 Å². The van der Waals surface area contributed by atoms with Gasteiger partial charge in [0.25, 0.3) is 0 Å². The molecule has 0 aliphatic rings. The predicted octanol–water partition coefficient (Wildman–Crippen LogP) is 3.20. The van der Waals surface area contributed by atoms with Gasteiger partial charge in [0.05, 0.1) is 12.8 Å². The number of aryl methyl sites for hydroxylation is 1. The average molecular weight is 258 g/mol. The van der Waals surface area contributed by atoms with Crippen molar-refractivity contribution >= 4 is 15.9 Å². The van der Waals surface area contributed by atoms with Crippen molar-refractivity contribution in [3.63, 3.8) is 0 Å². The van der Waals surface area contributed by atoms with Gasteiger partial charge in [-0.2, -0.15) is 0 Å². The third kappa shape index (κ3) is 4.09. The van der Waals surface area contributed by atoms with E-state index in [1.807, 2.05) is 13.1 Å². The van der Waals surface area contributed by atoms with E-state index in [1.165, 1.54) is 5.56 Å². The Morgan fingerprint density at radius 1 is 1.50 bits per heavy atom. The maximum absolute atomic E-state index is 5.38. The van der Waals surface area contributed by atoms with Gasteiger partial charge < -0.3 is 4.74 Å². The molecule has 0 bridgehead atoms. The molecule has 2 nitrogen and oxygen atoms in total. The number of hydrogen-bond donors (Lipinski definition) is 0. The summed E-state index contributed by atoms with van der Waals surface area (Å²) in [5.74, 6) is 0.868. The van der Waals surface area contributed by atoms with E-state index in [9.17, 15) is 0 Å². The maximum Gasteiger partial charge on any atom is 0.137 e. The van der Waals surface area contributed by atoms with Crippen LogP contribution in [0.15, 0.2) is 18.5 Å². The fraction of sp³-hybridized carbons (Fsp3) is 0.545. The lowest BCUT2D eigenvalue weighted by molar-refractivity contribution is 0.338.